The Morgan fingerprint density at radius 3 is 2.76 bits per heavy atom. The number of nitrogens with zero attached hydrogens (tertiary/aromatic N) is 1. The average molecular weight is 254 g/mol. The van der Waals surface area contributed by atoms with Crippen LogP contribution in [0.15, 0.2) is 18.2 Å². The maximum absolute atomic E-state index is 11.5. The number of halogens is 1. The van der Waals surface area contributed by atoms with Gasteiger partial charge in [0.2, 0.25) is 0 Å². The lowest BCUT2D eigenvalue weighted by Crippen LogP contribution is -2.09. The first-order chi connectivity index (χ1) is 8.08. The van der Waals surface area contributed by atoms with Crippen LogP contribution in [0.1, 0.15) is 24.8 Å². The second kappa shape index (κ2) is 4.84. The Balaban J connectivity index is 2.16. The monoisotopic (exact) mass is 253 g/mol. The predicted octanol–water partition coefficient (Wildman–Crippen LogP) is 3.16. The van der Waals surface area contributed by atoms with E-state index in [1.165, 1.54) is 12.1 Å². The maximum Gasteiger partial charge on any atom is 0.270 e. The summed E-state index contributed by atoms with van der Waals surface area (Å²) in [6, 6.07) is 4.42. The number of benzene rings is 1. The summed E-state index contributed by atoms with van der Waals surface area (Å²) in [6.45, 7) is 0. The molecule has 90 valence electrons. The van der Waals surface area contributed by atoms with Crippen LogP contribution in [-0.2, 0) is 11.2 Å². The highest BCUT2D eigenvalue weighted by atomic mass is 35.5. The van der Waals surface area contributed by atoms with E-state index in [0.29, 0.717) is 17.9 Å². The van der Waals surface area contributed by atoms with Crippen LogP contribution >= 0.6 is 11.6 Å². The van der Waals surface area contributed by atoms with E-state index in [1.54, 1.807) is 6.07 Å². The molecule has 0 spiro atoms. The van der Waals surface area contributed by atoms with E-state index in [1.807, 2.05) is 0 Å². The Labute approximate surface area is 104 Å². The molecule has 1 fully saturated rings. The molecule has 0 heterocycles. The summed E-state index contributed by atoms with van der Waals surface area (Å²) in [4.78, 5) is 21.6. The first-order valence-corrected chi connectivity index (χ1v) is 5.91. The summed E-state index contributed by atoms with van der Waals surface area (Å²) in [7, 11) is 0. The third kappa shape index (κ3) is 2.64. The summed E-state index contributed by atoms with van der Waals surface area (Å²) in [6.07, 6.45) is 3.07. The minimum absolute atomic E-state index is 0.0171. The van der Waals surface area contributed by atoms with Gasteiger partial charge in [-0.3, -0.25) is 14.9 Å². The molecule has 1 saturated carbocycles. The lowest BCUT2D eigenvalue weighted by atomic mass is 9.97. The lowest BCUT2D eigenvalue weighted by molar-refractivity contribution is -0.384. The van der Waals surface area contributed by atoms with Crippen molar-refractivity contribution < 1.29 is 9.72 Å². The highest BCUT2D eigenvalue weighted by Gasteiger charge is 2.25. The zero-order valence-corrected chi connectivity index (χ0v) is 9.94. The number of hydrogen-bond donors (Lipinski definition) is 0. The molecule has 0 amide bonds. The number of hydrogen-bond acceptors (Lipinski definition) is 3. The van der Waals surface area contributed by atoms with Crippen molar-refractivity contribution in [3.63, 3.8) is 0 Å². The molecule has 0 saturated heterocycles. The van der Waals surface area contributed by atoms with Gasteiger partial charge in [0.25, 0.3) is 5.69 Å². The van der Waals surface area contributed by atoms with Gasteiger partial charge in [-0.05, 0) is 24.8 Å². The Kier molecular flexibility index (Phi) is 3.43. The van der Waals surface area contributed by atoms with Crippen LogP contribution in [0.3, 0.4) is 0 Å². The topological polar surface area (TPSA) is 60.2 Å². The molecule has 1 aliphatic carbocycles. The molecule has 1 aromatic carbocycles. The van der Waals surface area contributed by atoms with Crippen molar-refractivity contribution >= 4 is 23.1 Å². The summed E-state index contributed by atoms with van der Waals surface area (Å²) in [5, 5.41) is 10.9. The van der Waals surface area contributed by atoms with Gasteiger partial charge in [-0.1, -0.05) is 17.7 Å². The van der Waals surface area contributed by atoms with Gasteiger partial charge in [-0.25, -0.2) is 0 Å². The first-order valence-electron chi connectivity index (χ1n) is 5.53. The number of nitro groups is 1. The van der Waals surface area contributed by atoms with Crippen molar-refractivity contribution in [1.82, 2.24) is 0 Å². The van der Waals surface area contributed by atoms with Gasteiger partial charge in [0, 0.05) is 24.5 Å². The minimum Gasteiger partial charge on any atom is -0.299 e. The third-order valence-electron chi connectivity index (χ3n) is 3.14. The third-order valence-corrected chi connectivity index (χ3v) is 3.50. The van der Waals surface area contributed by atoms with Crippen LogP contribution in [-0.4, -0.2) is 10.7 Å². The standard InChI is InChI=1S/C12H12ClNO3/c13-11-7-10(14(16)17)5-4-8(11)6-9-2-1-3-12(9)15/h4-5,7,9H,1-3,6H2. The van der Waals surface area contributed by atoms with Crippen LogP contribution in [0.4, 0.5) is 5.69 Å². The highest BCUT2D eigenvalue weighted by Crippen LogP contribution is 2.29. The highest BCUT2D eigenvalue weighted by molar-refractivity contribution is 6.31. The lowest BCUT2D eigenvalue weighted by Gasteiger charge is -2.09. The Morgan fingerprint density at radius 2 is 2.24 bits per heavy atom. The largest absolute Gasteiger partial charge is 0.299 e. The van der Waals surface area contributed by atoms with Crippen molar-refractivity contribution in [2.45, 2.75) is 25.7 Å². The van der Waals surface area contributed by atoms with Crippen molar-refractivity contribution in [2.75, 3.05) is 0 Å². The number of ketones is 1. The number of rotatable bonds is 3. The van der Waals surface area contributed by atoms with E-state index in [9.17, 15) is 14.9 Å². The molecule has 17 heavy (non-hydrogen) atoms. The number of nitro benzene ring substituents is 1. The van der Waals surface area contributed by atoms with Gasteiger partial charge in [0.15, 0.2) is 0 Å². The SMILES string of the molecule is O=C1CCCC1Cc1ccc([N+](=O)[O-])cc1Cl. The fourth-order valence-electron chi connectivity index (χ4n) is 2.18. The van der Waals surface area contributed by atoms with Gasteiger partial charge in [0.05, 0.1) is 9.95 Å². The van der Waals surface area contributed by atoms with Gasteiger partial charge in [0.1, 0.15) is 5.78 Å². The Morgan fingerprint density at radius 1 is 1.47 bits per heavy atom. The molecule has 0 aromatic heterocycles. The van der Waals surface area contributed by atoms with E-state index in [-0.39, 0.29) is 17.4 Å². The van der Waals surface area contributed by atoms with Gasteiger partial charge < -0.3 is 0 Å². The molecule has 1 aromatic rings. The second-order valence-corrected chi connectivity index (χ2v) is 4.70. The molecule has 1 atom stereocenters. The molecule has 4 nitrogen and oxygen atoms in total. The molecule has 0 bridgehead atoms. The number of carbonyl (C=O) groups is 1. The van der Waals surface area contributed by atoms with Crippen LogP contribution in [0.2, 0.25) is 5.02 Å². The normalized spacial score (nSPS) is 19.6. The first kappa shape index (κ1) is 12.0. The molecule has 0 aliphatic heterocycles. The van der Waals surface area contributed by atoms with Crippen LogP contribution < -0.4 is 0 Å². The molecule has 2 rings (SSSR count). The average Bonchev–Trinajstić information content (AvgIpc) is 2.67. The van der Waals surface area contributed by atoms with E-state index < -0.39 is 4.92 Å². The molecular weight excluding hydrogens is 242 g/mol. The van der Waals surface area contributed by atoms with Crippen LogP contribution in [0.25, 0.3) is 0 Å². The van der Waals surface area contributed by atoms with Gasteiger partial charge in [-0.2, -0.15) is 0 Å². The van der Waals surface area contributed by atoms with E-state index in [4.69, 9.17) is 11.6 Å². The van der Waals surface area contributed by atoms with Crippen LogP contribution in [0, 0.1) is 16.0 Å². The quantitative estimate of drug-likeness (QED) is 0.614. The van der Waals surface area contributed by atoms with Crippen molar-refractivity contribution in [3.05, 3.63) is 38.9 Å². The Hall–Kier alpha value is -1.42. The molecular formula is C12H12ClNO3. The summed E-state index contributed by atoms with van der Waals surface area (Å²) in [5.41, 5.74) is 0.800. The number of Topliss-reactive ketones (excluding diaryl/α,β-unsaturated/α-hetero) is 1. The molecule has 0 radical (unpaired) electrons. The fourth-order valence-corrected chi connectivity index (χ4v) is 2.44. The molecule has 1 unspecified atom stereocenters. The minimum atomic E-state index is -0.476. The van der Waals surface area contributed by atoms with E-state index in [0.717, 1.165) is 18.4 Å². The van der Waals surface area contributed by atoms with E-state index in [2.05, 4.69) is 0 Å². The molecule has 1 aliphatic rings. The predicted molar refractivity (Wildman–Crippen MR) is 64.2 cm³/mol. The van der Waals surface area contributed by atoms with Crippen molar-refractivity contribution in [1.29, 1.82) is 0 Å². The summed E-state index contributed by atoms with van der Waals surface area (Å²) in [5.74, 6) is 0.313. The van der Waals surface area contributed by atoms with Crippen molar-refractivity contribution in [3.8, 4) is 0 Å². The zero-order valence-electron chi connectivity index (χ0n) is 9.19. The zero-order chi connectivity index (χ0) is 12.4. The van der Waals surface area contributed by atoms with E-state index >= 15 is 0 Å². The smallest absolute Gasteiger partial charge is 0.270 e. The van der Waals surface area contributed by atoms with Crippen LogP contribution in [0.5, 0.6) is 0 Å². The number of non-ortho nitro benzene ring substituents is 1. The van der Waals surface area contributed by atoms with Crippen molar-refractivity contribution in [2.24, 2.45) is 5.92 Å². The van der Waals surface area contributed by atoms with Gasteiger partial charge in [-0.15, -0.1) is 0 Å². The number of carbonyl (C=O) groups excluding carboxylic acids is 1. The molecule has 0 N–H and O–H groups in total. The maximum atomic E-state index is 11.5. The fraction of sp³-hybridized carbons (Fsp3) is 0.417. The van der Waals surface area contributed by atoms with Gasteiger partial charge >= 0.3 is 0 Å². The second-order valence-electron chi connectivity index (χ2n) is 4.29. The molecule has 5 heteroatoms. The summed E-state index contributed by atoms with van der Waals surface area (Å²) < 4.78 is 0. The summed E-state index contributed by atoms with van der Waals surface area (Å²) >= 11 is 5.98. The Bertz CT molecular complexity index is 473.